The molecule has 0 radical (unpaired) electrons. The van der Waals surface area contributed by atoms with E-state index in [-0.39, 0.29) is 18.0 Å². The van der Waals surface area contributed by atoms with E-state index in [0.29, 0.717) is 17.0 Å². The highest BCUT2D eigenvalue weighted by atomic mass is 16.5. The van der Waals surface area contributed by atoms with E-state index in [1.54, 1.807) is 30.3 Å². The summed E-state index contributed by atoms with van der Waals surface area (Å²) in [7, 11) is 0. The lowest BCUT2D eigenvalue weighted by Crippen LogP contribution is -2.10. The van der Waals surface area contributed by atoms with Crippen LogP contribution in [0, 0.1) is 0 Å². The molecule has 0 atom stereocenters. The number of anilines is 1. The van der Waals surface area contributed by atoms with Crippen molar-refractivity contribution >= 4 is 17.5 Å². The lowest BCUT2D eigenvalue weighted by molar-refractivity contribution is 0.104. The minimum absolute atomic E-state index is 0.0175. The van der Waals surface area contributed by atoms with Gasteiger partial charge in [-0.05, 0) is 82.2 Å². The Bertz CT molecular complexity index is 820. The first-order valence-electron chi connectivity index (χ1n) is 9.88. The molecule has 0 heterocycles. The second kappa shape index (κ2) is 9.98. The average Bonchev–Trinajstić information content (AvgIpc) is 2.62. The predicted octanol–water partition coefficient (Wildman–Crippen LogP) is 5.69. The summed E-state index contributed by atoms with van der Waals surface area (Å²) < 4.78 is 12.0. The number of nitrogen functional groups attached to an aromatic ring is 1. The molecule has 0 aliphatic rings. The number of ether oxygens (including phenoxy) is 2. The molecule has 2 aromatic rings. The molecule has 0 amide bonds. The van der Waals surface area contributed by atoms with Gasteiger partial charge >= 0.3 is 0 Å². The molecule has 150 valence electrons. The number of benzene rings is 2. The SMILES string of the molecule is CCCc1cc(/C=C/C(=O)c2ccc(N)cc2)c(OC(C)C)cc1OC(C)C. The van der Waals surface area contributed by atoms with Crippen LogP contribution in [0.1, 0.15) is 62.5 Å². The molecule has 0 saturated heterocycles. The van der Waals surface area contributed by atoms with Crippen LogP contribution in [0.25, 0.3) is 6.08 Å². The van der Waals surface area contributed by atoms with Crippen molar-refractivity contribution in [3.63, 3.8) is 0 Å². The lowest BCUT2D eigenvalue weighted by atomic mass is 10.0. The molecule has 4 nitrogen and oxygen atoms in total. The van der Waals surface area contributed by atoms with Crippen molar-refractivity contribution in [1.29, 1.82) is 0 Å². The summed E-state index contributed by atoms with van der Waals surface area (Å²) >= 11 is 0. The molecule has 0 bridgehead atoms. The zero-order valence-electron chi connectivity index (χ0n) is 17.5. The molecule has 0 unspecified atom stereocenters. The Morgan fingerprint density at radius 3 is 2.18 bits per heavy atom. The molecule has 2 rings (SSSR count). The predicted molar refractivity (Wildman–Crippen MR) is 116 cm³/mol. The first-order valence-corrected chi connectivity index (χ1v) is 9.88. The quantitative estimate of drug-likeness (QED) is 0.344. The van der Waals surface area contributed by atoms with Crippen LogP contribution in [-0.4, -0.2) is 18.0 Å². The van der Waals surface area contributed by atoms with Crippen LogP contribution in [0.3, 0.4) is 0 Å². The first-order chi connectivity index (χ1) is 13.3. The number of aryl methyl sites for hydroxylation is 1. The maximum absolute atomic E-state index is 12.5. The van der Waals surface area contributed by atoms with Gasteiger partial charge in [-0.3, -0.25) is 4.79 Å². The number of nitrogens with two attached hydrogens (primary N) is 1. The summed E-state index contributed by atoms with van der Waals surface area (Å²) in [6, 6.07) is 10.9. The van der Waals surface area contributed by atoms with E-state index in [1.165, 1.54) is 0 Å². The zero-order valence-corrected chi connectivity index (χ0v) is 17.5. The van der Waals surface area contributed by atoms with Crippen molar-refractivity contribution in [3.8, 4) is 11.5 Å². The molecule has 28 heavy (non-hydrogen) atoms. The van der Waals surface area contributed by atoms with Gasteiger partial charge in [0.1, 0.15) is 11.5 Å². The monoisotopic (exact) mass is 381 g/mol. The van der Waals surface area contributed by atoms with Gasteiger partial charge in [-0.1, -0.05) is 13.3 Å². The molecule has 0 saturated carbocycles. The molecule has 0 fully saturated rings. The Labute approximate surface area is 168 Å². The van der Waals surface area contributed by atoms with E-state index in [4.69, 9.17) is 15.2 Å². The molecular weight excluding hydrogens is 350 g/mol. The van der Waals surface area contributed by atoms with E-state index < -0.39 is 0 Å². The van der Waals surface area contributed by atoms with Crippen LogP contribution in [0.2, 0.25) is 0 Å². The van der Waals surface area contributed by atoms with Gasteiger partial charge < -0.3 is 15.2 Å². The van der Waals surface area contributed by atoms with Gasteiger partial charge in [0, 0.05) is 22.9 Å². The van der Waals surface area contributed by atoms with Crippen molar-refractivity contribution in [1.82, 2.24) is 0 Å². The summed E-state index contributed by atoms with van der Waals surface area (Å²) in [4.78, 5) is 12.5. The van der Waals surface area contributed by atoms with Gasteiger partial charge in [-0.25, -0.2) is 0 Å². The fourth-order valence-electron chi connectivity index (χ4n) is 2.85. The van der Waals surface area contributed by atoms with Crippen LogP contribution in [0.5, 0.6) is 11.5 Å². The largest absolute Gasteiger partial charge is 0.491 e. The number of carbonyl (C=O) groups is 1. The smallest absolute Gasteiger partial charge is 0.185 e. The van der Waals surface area contributed by atoms with Gasteiger partial charge in [-0.15, -0.1) is 0 Å². The van der Waals surface area contributed by atoms with E-state index >= 15 is 0 Å². The van der Waals surface area contributed by atoms with Crippen molar-refractivity contribution in [2.45, 2.75) is 59.7 Å². The molecule has 2 aromatic carbocycles. The summed E-state index contributed by atoms with van der Waals surface area (Å²) in [5.41, 5.74) is 8.92. The van der Waals surface area contributed by atoms with Gasteiger partial charge in [0.05, 0.1) is 12.2 Å². The lowest BCUT2D eigenvalue weighted by Gasteiger charge is -2.19. The van der Waals surface area contributed by atoms with Crippen molar-refractivity contribution < 1.29 is 14.3 Å². The Morgan fingerprint density at radius 2 is 1.61 bits per heavy atom. The van der Waals surface area contributed by atoms with Crippen LogP contribution in [-0.2, 0) is 6.42 Å². The minimum Gasteiger partial charge on any atom is -0.491 e. The van der Waals surface area contributed by atoms with E-state index in [0.717, 1.165) is 29.7 Å². The average molecular weight is 382 g/mol. The number of carbonyl (C=O) groups excluding carboxylic acids is 1. The number of ketones is 1. The van der Waals surface area contributed by atoms with Crippen LogP contribution >= 0.6 is 0 Å². The molecule has 2 N–H and O–H groups in total. The van der Waals surface area contributed by atoms with Gasteiger partial charge in [-0.2, -0.15) is 0 Å². The second-order valence-corrected chi connectivity index (χ2v) is 7.40. The highest BCUT2D eigenvalue weighted by Crippen LogP contribution is 2.32. The zero-order chi connectivity index (χ0) is 20.7. The third-order valence-electron chi connectivity index (χ3n) is 4.05. The summed E-state index contributed by atoms with van der Waals surface area (Å²) in [6.07, 6.45) is 5.39. The summed E-state index contributed by atoms with van der Waals surface area (Å²) in [5.74, 6) is 1.48. The third kappa shape index (κ3) is 6.15. The van der Waals surface area contributed by atoms with Crippen molar-refractivity contribution in [2.75, 3.05) is 5.73 Å². The van der Waals surface area contributed by atoms with Crippen molar-refractivity contribution in [3.05, 3.63) is 59.2 Å². The molecule has 0 aromatic heterocycles. The number of hydrogen-bond acceptors (Lipinski definition) is 4. The highest BCUT2D eigenvalue weighted by molar-refractivity contribution is 6.07. The topological polar surface area (TPSA) is 61.6 Å². The van der Waals surface area contributed by atoms with Crippen LogP contribution < -0.4 is 15.2 Å². The molecule has 0 aliphatic carbocycles. The Balaban J connectivity index is 2.40. The normalized spacial score (nSPS) is 11.4. The van der Waals surface area contributed by atoms with E-state index in [1.807, 2.05) is 39.8 Å². The van der Waals surface area contributed by atoms with Crippen molar-refractivity contribution in [2.24, 2.45) is 0 Å². The summed E-state index contributed by atoms with van der Waals surface area (Å²) in [6.45, 7) is 10.1. The Hall–Kier alpha value is -2.75. The molecule has 0 spiro atoms. The Morgan fingerprint density at radius 1 is 1.00 bits per heavy atom. The van der Waals surface area contributed by atoms with Gasteiger partial charge in [0.2, 0.25) is 0 Å². The summed E-state index contributed by atoms with van der Waals surface area (Å²) in [5, 5.41) is 0. The maximum Gasteiger partial charge on any atom is 0.185 e. The molecule has 0 aliphatic heterocycles. The standard InChI is InChI=1S/C24H31NO3/c1-6-7-19-14-20(10-13-22(26)18-8-11-21(25)12-9-18)24(28-17(4)5)15-23(19)27-16(2)3/h8-17H,6-7,25H2,1-5H3/b13-10+. The fraction of sp³-hybridized carbons (Fsp3) is 0.375. The third-order valence-corrected chi connectivity index (χ3v) is 4.05. The number of hydrogen-bond donors (Lipinski definition) is 1. The van der Waals surface area contributed by atoms with Crippen LogP contribution in [0.4, 0.5) is 5.69 Å². The Kier molecular flexibility index (Phi) is 7.68. The highest BCUT2D eigenvalue weighted by Gasteiger charge is 2.13. The minimum atomic E-state index is -0.0740. The fourth-order valence-corrected chi connectivity index (χ4v) is 2.85. The van der Waals surface area contributed by atoms with Gasteiger partial charge in [0.15, 0.2) is 5.78 Å². The van der Waals surface area contributed by atoms with E-state index in [9.17, 15) is 4.79 Å². The second-order valence-electron chi connectivity index (χ2n) is 7.40. The van der Waals surface area contributed by atoms with Crippen LogP contribution in [0.15, 0.2) is 42.5 Å². The number of rotatable bonds is 9. The van der Waals surface area contributed by atoms with Gasteiger partial charge in [0.25, 0.3) is 0 Å². The first kappa shape index (κ1) is 21.5. The van der Waals surface area contributed by atoms with E-state index in [2.05, 4.69) is 13.0 Å². The maximum atomic E-state index is 12.5. The molecular formula is C24H31NO3. The number of allylic oxidation sites excluding steroid dienone is 1. The molecule has 4 heteroatoms.